The molecule has 0 aliphatic heterocycles. The number of hydrogen-bond acceptors (Lipinski definition) is 4. The second kappa shape index (κ2) is 6.52. The first-order chi connectivity index (χ1) is 11.2. The Hall–Kier alpha value is -2.82. The number of carbonyl (C=O) groups excluding carboxylic acids is 1. The summed E-state index contributed by atoms with van der Waals surface area (Å²) in [6.45, 7) is 1.95. The predicted molar refractivity (Wildman–Crippen MR) is 87.3 cm³/mol. The normalized spacial score (nSPS) is 12.1. The van der Waals surface area contributed by atoms with Crippen LogP contribution in [0.2, 0.25) is 0 Å². The molecular weight excluding hydrogens is 292 g/mol. The van der Waals surface area contributed by atoms with Gasteiger partial charge < -0.3 is 14.5 Å². The predicted octanol–water partition coefficient (Wildman–Crippen LogP) is 3.26. The number of nitrogens with one attached hydrogen (secondary N) is 1. The van der Waals surface area contributed by atoms with Gasteiger partial charge in [-0.3, -0.25) is 9.78 Å². The third-order valence-electron chi connectivity index (χ3n) is 3.80. The Balaban J connectivity index is 1.71. The van der Waals surface area contributed by atoms with Gasteiger partial charge in [0.1, 0.15) is 11.3 Å². The number of methoxy groups -OCH3 is 1. The lowest BCUT2D eigenvalue weighted by Gasteiger charge is -2.13. The SMILES string of the molecule is COc1ccc2c(CC(=O)NC(C)c3ccncc3)coc2c1. The monoisotopic (exact) mass is 310 g/mol. The van der Waals surface area contributed by atoms with Crippen LogP contribution >= 0.6 is 0 Å². The molecule has 118 valence electrons. The number of hydrogen-bond donors (Lipinski definition) is 1. The summed E-state index contributed by atoms with van der Waals surface area (Å²) in [6.07, 6.45) is 5.33. The van der Waals surface area contributed by atoms with Crippen molar-refractivity contribution >= 4 is 16.9 Å². The number of carbonyl (C=O) groups is 1. The minimum absolute atomic E-state index is 0.0483. The van der Waals surface area contributed by atoms with Crippen molar-refractivity contribution in [3.05, 3.63) is 60.1 Å². The molecule has 0 saturated heterocycles. The van der Waals surface area contributed by atoms with E-state index < -0.39 is 0 Å². The van der Waals surface area contributed by atoms with E-state index in [4.69, 9.17) is 9.15 Å². The van der Waals surface area contributed by atoms with E-state index in [-0.39, 0.29) is 18.4 Å². The van der Waals surface area contributed by atoms with Crippen molar-refractivity contribution in [2.75, 3.05) is 7.11 Å². The molecule has 2 aromatic heterocycles. The van der Waals surface area contributed by atoms with Gasteiger partial charge in [0.05, 0.1) is 25.8 Å². The highest BCUT2D eigenvalue weighted by atomic mass is 16.5. The van der Waals surface area contributed by atoms with Crippen LogP contribution in [0.25, 0.3) is 11.0 Å². The second-order valence-electron chi connectivity index (χ2n) is 5.37. The zero-order valence-electron chi connectivity index (χ0n) is 13.1. The van der Waals surface area contributed by atoms with Gasteiger partial charge in [0.25, 0.3) is 0 Å². The van der Waals surface area contributed by atoms with Crippen molar-refractivity contribution < 1.29 is 13.9 Å². The third-order valence-corrected chi connectivity index (χ3v) is 3.80. The standard InChI is InChI=1S/C18H18N2O3/c1-12(13-5-7-19-8-6-13)20-18(21)9-14-11-23-17-10-15(22-2)3-4-16(14)17/h3-8,10-12H,9H2,1-2H3,(H,20,21). The molecule has 5 nitrogen and oxygen atoms in total. The Morgan fingerprint density at radius 3 is 2.83 bits per heavy atom. The Morgan fingerprint density at radius 1 is 1.30 bits per heavy atom. The van der Waals surface area contributed by atoms with Gasteiger partial charge in [-0.25, -0.2) is 0 Å². The lowest BCUT2D eigenvalue weighted by Crippen LogP contribution is -2.28. The van der Waals surface area contributed by atoms with Gasteiger partial charge in [-0.1, -0.05) is 0 Å². The van der Waals surface area contributed by atoms with Crippen LogP contribution in [0.15, 0.2) is 53.4 Å². The van der Waals surface area contributed by atoms with Crippen molar-refractivity contribution in [1.82, 2.24) is 10.3 Å². The first-order valence-electron chi connectivity index (χ1n) is 7.41. The molecule has 0 saturated carbocycles. The minimum atomic E-state index is -0.0660. The van der Waals surface area contributed by atoms with E-state index in [1.165, 1.54) is 0 Å². The highest BCUT2D eigenvalue weighted by molar-refractivity contribution is 5.88. The maximum atomic E-state index is 12.3. The molecular formula is C18H18N2O3. The lowest BCUT2D eigenvalue weighted by molar-refractivity contribution is -0.121. The number of rotatable bonds is 5. The Bertz CT molecular complexity index is 812. The van der Waals surface area contributed by atoms with Crippen LogP contribution in [-0.4, -0.2) is 18.0 Å². The summed E-state index contributed by atoms with van der Waals surface area (Å²) >= 11 is 0. The number of amides is 1. The van der Waals surface area contributed by atoms with E-state index in [1.807, 2.05) is 37.3 Å². The third kappa shape index (κ3) is 3.34. The minimum Gasteiger partial charge on any atom is -0.497 e. The van der Waals surface area contributed by atoms with Gasteiger partial charge in [0.15, 0.2) is 0 Å². The van der Waals surface area contributed by atoms with Crippen LogP contribution in [0.1, 0.15) is 24.1 Å². The van der Waals surface area contributed by atoms with Crippen LogP contribution in [0.3, 0.4) is 0 Å². The van der Waals surface area contributed by atoms with Crippen LogP contribution in [0.5, 0.6) is 5.75 Å². The number of nitrogens with zero attached hydrogens (tertiary/aromatic N) is 1. The largest absolute Gasteiger partial charge is 0.497 e. The average Bonchev–Trinajstić information content (AvgIpc) is 2.97. The van der Waals surface area contributed by atoms with Crippen LogP contribution in [-0.2, 0) is 11.2 Å². The van der Waals surface area contributed by atoms with Gasteiger partial charge in [-0.05, 0) is 36.8 Å². The number of furan rings is 1. The summed E-state index contributed by atoms with van der Waals surface area (Å²) in [4.78, 5) is 16.2. The highest BCUT2D eigenvalue weighted by Crippen LogP contribution is 2.26. The Morgan fingerprint density at radius 2 is 2.09 bits per heavy atom. The second-order valence-corrected chi connectivity index (χ2v) is 5.37. The number of pyridine rings is 1. The summed E-state index contributed by atoms with van der Waals surface area (Å²) in [6, 6.07) is 9.31. The molecule has 0 aliphatic carbocycles. The molecule has 5 heteroatoms. The summed E-state index contributed by atoms with van der Waals surface area (Å²) in [5, 5.41) is 3.92. The molecule has 0 fully saturated rings. The zero-order valence-corrected chi connectivity index (χ0v) is 13.1. The van der Waals surface area contributed by atoms with Crippen molar-refractivity contribution in [3.8, 4) is 5.75 Å². The molecule has 23 heavy (non-hydrogen) atoms. The zero-order chi connectivity index (χ0) is 16.2. The lowest BCUT2D eigenvalue weighted by atomic mass is 10.1. The maximum Gasteiger partial charge on any atom is 0.225 e. The molecule has 1 atom stereocenters. The molecule has 1 aromatic carbocycles. The molecule has 0 aliphatic rings. The van der Waals surface area contributed by atoms with Gasteiger partial charge in [-0.15, -0.1) is 0 Å². The summed E-state index contributed by atoms with van der Waals surface area (Å²) in [5.74, 6) is 0.682. The molecule has 0 spiro atoms. The molecule has 0 bridgehead atoms. The molecule has 1 amide bonds. The molecule has 3 aromatic rings. The van der Waals surface area contributed by atoms with Crippen LogP contribution in [0, 0.1) is 0 Å². The number of aromatic nitrogens is 1. The van der Waals surface area contributed by atoms with Crippen LogP contribution in [0.4, 0.5) is 0 Å². The molecule has 0 radical (unpaired) electrons. The Labute approximate surface area is 134 Å². The van der Waals surface area contributed by atoms with Crippen molar-refractivity contribution in [3.63, 3.8) is 0 Å². The number of fused-ring (bicyclic) bond motifs is 1. The number of ether oxygens (including phenoxy) is 1. The van der Waals surface area contributed by atoms with Crippen molar-refractivity contribution in [2.24, 2.45) is 0 Å². The first-order valence-corrected chi connectivity index (χ1v) is 7.41. The summed E-state index contributed by atoms with van der Waals surface area (Å²) < 4.78 is 10.7. The van der Waals surface area contributed by atoms with E-state index in [0.717, 1.165) is 22.3 Å². The fourth-order valence-corrected chi connectivity index (χ4v) is 2.53. The van der Waals surface area contributed by atoms with Gasteiger partial charge in [0.2, 0.25) is 5.91 Å². The highest BCUT2D eigenvalue weighted by Gasteiger charge is 2.14. The molecule has 1 N–H and O–H groups in total. The van der Waals surface area contributed by atoms with Gasteiger partial charge in [-0.2, -0.15) is 0 Å². The van der Waals surface area contributed by atoms with Crippen LogP contribution < -0.4 is 10.1 Å². The van der Waals surface area contributed by atoms with E-state index in [0.29, 0.717) is 5.58 Å². The first kappa shape index (κ1) is 15.1. The Kier molecular flexibility index (Phi) is 4.28. The summed E-state index contributed by atoms with van der Waals surface area (Å²) in [5.41, 5.74) is 2.60. The molecule has 3 rings (SSSR count). The number of benzene rings is 1. The van der Waals surface area contributed by atoms with E-state index in [9.17, 15) is 4.79 Å². The smallest absolute Gasteiger partial charge is 0.225 e. The van der Waals surface area contributed by atoms with E-state index >= 15 is 0 Å². The quantitative estimate of drug-likeness (QED) is 0.785. The van der Waals surface area contributed by atoms with Gasteiger partial charge >= 0.3 is 0 Å². The maximum absolute atomic E-state index is 12.3. The average molecular weight is 310 g/mol. The fourth-order valence-electron chi connectivity index (χ4n) is 2.53. The van der Waals surface area contributed by atoms with Gasteiger partial charge in [0, 0.05) is 29.4 Å². The summed E-state index contributed by atoms with van der Waals surface area (Å²) in [7, 11) is 1.61. The fraction of sp³-hybridized carbons (Fsp3) is 0.222. The van der Waals surface area contributed by atoms with Crippen molar-refractivity contribution in [2.45, 2.75) is 19.4 Å². The van der Waals surface area contributed by atoms with E-state index in [1.54, 1.807) is 25.8 Å². The van der Waals surface area contributed by atoms with Crippen molar-refractivity contribution in [1.29, 1.82) is 0 Å². The van der Waals surface area contributed by atoms with E-state index in [2.05, 4.69) is 10.3 Å². The molecule has 2 heterocycles. The molecule has 1 unspecified atom stereocenters. The topological polar surface area (TPSA) is 64.4 Å².